The third-order valence-corrected chi connectivity index (χ3v) is 5.76. The Morgan fingerprint density at radius 3 is 2.97 bits per heavy atom. The van der Waals surface area contributed by atoms with E-state index in [-0.39, 0.29) is 42.4 Å². The van der Waals surface area contributed by atoms with E-state index in [1.54, 1.807) is 36.2 Å². The standard InChI is InChI=1S/C23H26N4O5/c1-26-13-15(9-17(26)14-28)25-22(30)6-4-8-32-21-11-19-18(10-20(21)29)23(31)27-7-3-2-5-16(27)12-24-19/h9-14,16,29H,2-8H2,1H3,(H,25,30). The second kappa shape index (κ2) is 9.25. The van der Waals surface area contributed by atoms with Gasteiger partial charge in [-0.25, -0.2) is 0 Å². The van der Waals surface area contributed by atoms with Gasteiger partial charge in [0, 0.05) is 38.5 Å². The fourth-order valence-corrected chi connectivity index (χ4v) is 4.04. The molecule has 3 heterocycles. The third kappa shape index (κ3) is 4.51. The minimum absolute atomic E-state index is 0.0131. The molecule has 0 saturated carbocycles. The largest absolute Gasteiger partial charge is 0.504 e. The molecule has 2 aliphatic rings. The number of hydrogen-bond acceptors (Lipinski definition) is 6. The van der Waals surface area contributed by atoms with E-state index in [1.165, 1.54) is 6.07 Å². The van der Waals surface area contributed by atoms with E-state index >= 15 is 0 Å². The summed E-state index contributed by atoms with van der Waals surface area (Å²) in [5.74, 6) is -0.223. The van der Waals surface area contributed by atoms with Gasteiger partial charge in [0.2, 0.25) is 5.91 Å². The molecule has 4 rings (SSSR count). The zero-order valence-corrected chi connectivity index (χ0v) is 17.9. The SMILES string of the molecule is Cn1cc(NC(=O)CCCOc2cc3c(cc2O)C(=O)N2CCCCC2C=N3)cc1C=O. The van der Waals surface area contributed by atoms with Crippen molar-refractivity contribution in [2.24, 2.45) is 12.0 Å². The number of aliphatic imine (C=N–C) groups is 1. The first kappa shape index (κ1) is 21.6. The monoisotopic (exact) mass is 438 g/mol. The van der Waals surface area contributed by atoms with Crippen LogP contribution in [0.1, 0.15) is 53.0 Å². The fraction of sp³-hybridized carbons (Fsp3) is 0.391. The van der Waals surface area contributed by atoms with Crippen LogP contribution in [0.25, 0.3) is 0 Å². The zero-order valence-electron chi connectivity index (χ0n) is 17.9. The van der Waals surface area contributed by atoms with Crippen LogP contribution in [0.4, 0.5) is 11.4 Å². The van der Waals surface area contributed by atoms with Crippen LogP contribution in [-0.2, 0) is 11.8 Å². The predicted octanol–water partition coefficient (Wildman–Crippen LogP) is 3.05. The van der Waals surface area contributed by atoms with E-state index in [1.807, 2.05) is 4.90 Å². The van der Waals surface area contributed by atoms with Crippen molar-refractivity contribution in [2.75, 3.05) is 18.5 Å². The van der Waals surface area contributed by atoms with Gasteiger partial charge in [-0.2, -0.15) is 0 Å². The predicted molar refractivity (Wildman–Crippen MR) is 119 cm³/mol. The van der Waals surface area contributed by atoms with Crippen LogP contribution in [0.15, 0.2) is 29.4 Å². The number of phenolic OH excluding ortho intramolecular Hbond substituents is 1. The van der Waals surface area contributed by atoms with E-state index in [4.69, 9.17) is 4.74 Å². The van der Waals surface area contributed by atoms with Crippen molar-refractivity contribution in [3.8, 4) is 11.5 Å². The number of aldehydes is 1. The molecule has 9 nitrogen and oxygen atoms in total. The highest BCUT2D eigenvalue weighted by Crippen LogP contribution is 2.37. The van der Waals surface area contributed by atoms with Gasteiger partial charge in [0.25, 0.3) is 5.91 Å². The van der Waals surface area contributed by atoms with Crippen molar-refractivity contribution >= 4 is 35.7 Å². The minimum atomic E-state index is -0.199. The van der Waals surface area contributed by atoms with Crippen LogP contribution in [0, 0.1) is 0 Å². The maximum absolute atomic E-state index is 12.9. The van der Waals surface area contributed by atoms with E-state index < -0.39 is 0 Å². The fourth-order valence-electron chi connectivity index (χ4n) is 4.04. The van der Waals surface area contributed by atoms with Crippen molar-refractivity contribution < 1.29 is 24.2 Å². The number of aromatic nitrogens is 1. The van der Waals surface area contributed by atoms with Crippen molar-refractivity contribution in [3.63, 3.8) is 0 Å². The van der Waals surface area contributed by atoms with Crippen molar-refractivity contribution in [2.45, 2.75) is 38.1 Å². The Morgan fingerprint density at radius 1 is 1.34 bits per heavy atom. The topological polar surface area (TPSA) is 113 Å². The van der Waals surface area contributed by atoms with Gasteiger partial charge in [0.1, 0.15) is 0 Å². The van der Waals surface area contributed by atoms with Crippen LogP contribution < -0.4 is 10.1 Å². The third-order valence-electron chi connectivity index (χ3n) is 5.76. The summed E-state index contributed by atoms with van der Waals surface area (Å²) < 4.78 is 7.29. The molecule has 32 heavy (non-hydrogen) atoms. The summed E-state index contributed by atoms with van der Waals surface area (Å²) in [5.41, 5.74) is 1.87. The van der Waals surface area contributed by atoms with Crippen molar-refractivity contribution in [1.82, 2.24) is 9.47 Å². The first-order valence-corrected chi connectivity index (χ1v) is 10.7. The molecule has 1 atom stereocenters. The number of phenols is 1. The Bertz CT molecular complexity index is 1070. The number of aromatic hydroxyl groups is 1. The molecule has 9 heteroatoms. The Morgan fingerprint density at radius 2 is 2.19 bits per heavy atom. The molecule has 0 aliphatic carbocycles. The van der Waals surface area contributed by atoms with Gasteiger partial charge in [-0.3, -0.25) is 19.4 Å². The van der Waals surface area contributed by atoms with Gasteiger partial charge in [-0.1, -0.05) is 0 Å². The Balaban J connectivity index is 1.34. The molecular weight excluding hydrogens is 412 g/mol. The summed E-state index contributed by atoms with van der Waals surface area (Å²) in [4.78, 5) is 42.2. The molecule has 2 N–H and O–H groups in total. The molecule has 2 amide bonds. The first-order valence-electron chi connectivity index (χ1n) is 10.7. The second-order valence-corrected chi connectivity index (χ2v) is 8.06. The number of ether oxygens (including phenoxy) is 1. The Kier molecular flexibility index (Phi) is 6.25. The quantitative estimate of drug-likeness (QED) is 0.510. The van der Waals surface area contributed by atoms with Gasteiger partial charge >= 0.3 is 0 Å². The summed E-state index contributed by atoms with van der Waals surface area (Å²) >= 11 is 0. The average molecular weight is 438 g/mol. The second-order valence-electron chi connectivity index (χ2n) is 8.06. The summed E-state index contributed by atoms with van der Waals surface area (Å²) in [7, 11) is 1.73. The van der Waals surface area contributed by atoms with Crippen LogP contribution in [0.2, 0.25) is 0 Å². The lowest BCUT2D eigenvalue weighted by molar-refractivity contribution is -0.116. The number of amides is 2. The van der Waals surface area contributed by atoms with E-state index in [2.05, 4.69) is 10.3 Å². The molecule has 0 bridgehead atoms. The molecule has 0 spiro atoms. The highest BCUT2D eigenvalue weighted by atomic mass is 16.5. The molecule has 1 unspecified atom stereocenters. The molecule has 1 fully saturated rings. The number of hydrogen-bond donors (Lipinski definition) is 2. The summed E-state index contributed by atoms with van der Waals surface area (Å²) in [6.07, 6.45) is 7.74. The number of piperidine rings is 1. The molecule has 1 saturated heterocycles. The number of aryl methyl sites for hydroxylation is 1. The van der Waals surface area contributed by atoms with E-state index in [0.29, 0.717) is 35.6 Å². The number of nitrogens with zero attached hydrogens (tertiary/aromatic N) is 3. The van der Waals surface area contributed by atoms with Gasteiger partial charge in [0.05, 0.1) is 35.3 Å². The number of rotatable bonds is 7. The number of anilines is 1. The molecule has 2 aliphatic heterocycles. The normalized spacial score (nSPS) is 17.3. The molecule has 168 valence electrons. The number of nitrogens with one attached hydrogen (secondary N) is 1. The van der Waals surface area contributed by atoms with Crippen LogP contribution >= 0.6 is 0 Å². The molecule has 2 aromatic rings. The highest BCUT2D eigenvalue weighted by Gasteiger charge is 2.30. The van der Waals surface area contributed by atoms with Crippen LogP contribution in [0.3, 0.4) is 0 Å². The van der Waals surface area contributed by atoms with Crippen LogP contribution in [0.5, 0.6) is 11.5 Å². The Hall–Kier alpha value is -3.62. The van der Waals surface area contributed by atoms with Gasteiger partial charge in [0.15, 0.2) is 17.8 Å². The first-order chi connectivity index (χ1) is 15.5. The molecule has 1 aromatic heterocycles. The van der Waals surface area contributed by atoms with Crippen molar-refractivity contribution in [3.05, 3.63) is 35.7 Å². The van der Waals surface area contributed by atoms with E-state index in [0.717, 1.165) is 25.5 Å². The smallest absolute Gasteiger partial charge is 0.256 e. The lowest BCUT2D eigenvalue weighted by Gasteiger charge is -2.32. The summed E-state index contributed by atoms with van der Waals surface area (Å²) in [6.45, 7) is 0.899. The van der Waals surface area contributed by atoms with Crippen LogP contribution in [-0.4, -0.2) is 58.1 Å². The average Bonchev–Trinajstić information content (AvgIpc) is 3.08. The lowest BCUT2D eigenvalue weighted by atomic mass is 10.0. The molecular formula is C23H26N4O5. The number of benzene rings is 1. The summed E-state index contributed by atoms with van der Waals surface area (Å²) in [5, 5.41) is 13.1. The lowest BCUT2D eigenvalue weighted by Crippen LogP contribution is -2.43. The van der Waals surface area contributed by atoms with Gasteiger partial charge in [-0.15, -0.1) is 0 Å². The number of carbonyl (C=O) groups is 3. The maximum atomic E-state index is 12.9. The zero-order chi connectivity index (χ0) is 22.7. The van der Waals surface area contributed by atoms with Gasteiger partial charge < -0.3 is 24.6 Å². The van der Waals surface area contributed by atoms with Crippen molar-refractivity contribution in [1.29, 1.82) is 0 Å². The number of fused-ring (bicyclic) bond motifs is 2. The van der Waals surface area contributed by atoms with E-state index in [9.17, 15) is 19.5 Å². The number of carbonyl (C=O) groups excluding carboxylic acids is 3. The molecule has 1 aromatic carbocycles. The van der Waals surface area contributed by atoms with Gasteiger partial charge in [-0.05, 0) is 37.8 Å². The Labute approximate surface area is 185 Å². The molecule has 0 radical (unpaired) electrons. The maximum Gasteiger partial charge on any atom is 0.256 e. The highest BCUT2D eigenvalue weighted by molar-refractivity contribution is 6.03. The minimum Gasteiger partial charge on any atom is -0.504 e. The summed E-state index contributed by atoms with van der Waals surface area (Å²) in [6, 6.07) is 4.57.